The molecular formula is C24H30O8. The molecule has 174 valence electrons. The minimum Gasteiger partial charge on any atom is -0.507 e. The van der Waals surface area contributed by atoms with Crippen LogP contribution in [-0.4, -0.2) is 44.2 Å². The molecule has 0 radical (unpaired) electrons. The van der Waals surface area contributed by atoms with Crippen molar-refractivity contribution >= 4 is 11.6 Å². The van der Waals surface area contributed by atoms with Gasteiger partial charge in [0.25, 0.3) is 0 Å². The van der Waals surface area contributed by atoms with Gasteiger partial charge in [0.1, 0.15) is 45.6 Å². The smallest absolute Gasteiger partial charge is 0.173 e. The van der Waals surface area contributed by atoms with Crippen molar-refractivity contribution in [2.75, 3.05) is 7.11 Å². The first kappa shape index (κ1) is 24.8. The van der Waals surface area contributed by atoms with Crippen LogP contribution in [0.4, 0.5) is 0 Å². The Hall–Kier alpha value is -3.42. The van der Waals surface area contributed by atoms with Gasteiger partial charge in [-0.2, -0.15) is 0 Å². The standard InChI is InChI=1S/C24H30O8/c1-6-8-15(25)19-23(31)14(21(29)12(4)24(19)32-5)9-13-16(26)10-17(27)18(22(13)30)20(28)11(3)7-2/h10-11,26-27,29-31H,6-9H2,1-5H3. The van der Waals surface area contributed by atoms with Gasteiger partial charge in [0, 0.05) is 41.5 Å². The number of ether oxygens (including phenoxy) is 1. The third-order valence-corrected chi connectivity index (χ3v) is 5.71. The van der Waals surface area contributed by atoms with E-state index in [-0.39, 0.29) is 45.7 Å². The average Bonchev–Trinajstić information content (AvgIpc) is 2.74. The lowest BCUT2D eigenvalue weighted by Gasteiger charge is -2.20. The Morgan fingerprint density at radius 3 is 2.06 bits per heavy atom. The number of carbonyl (C=O) groups excluding carboxylic acids is 2. The Kier molecular flexibility index (Phi) is 7.61. The van der Waals surface area contributed by atoms with Gasteiger partial charge in [-0.15, -0.1) is 0 Å². The summed E-state index contributed by atoms with van der Waals surface area (Å²) in [4.78, 5) is 25.3. The van der Waals surface area contributed by atoms with Gasteiger partial charge in [-0.05, 0) is 19.8 Å². The number of phenolic OH excluding ortho intramolecular Hbond substituents is 5. The van der Waals surface area contributed by atoms with E-state index in [0.29, 0.717) is 12.8 Å². The number of rotatable bonds is 9. The maximum absolute atomic E-state index is 12.7. The van der Waals surface area contributed by atoms with Gasteiger partial charge in [-0.1, -0.05) is 20.8 Å². The highest BCUT2D eigenvalue weighted by molar-refractivity contribution is 6.04. The van der Waals surface area contributed by atoms with Crippen LogP contribution < -0.4 is 4.74 Å². The van der Waals surface area contributed by atoms with E-state index in [1.165, 1.54) is 14.0 Å². The van der Waals surface area contributed by atoms with Crippen LogP contribution in [0.3, 0.4) is 0 Å². The van der Waals surface area contributed by atoms with Crippen LogP contribution in [0.1, 0.15) is 77.4 Å². The summed E-state index contributed by atoms with van der Waals surface area (Å²) in [6.45, 7) is 6.74. The summed E-state index contributed by atoms with van der Waals surface area (Å²) < 4.78 is 5.25. The number of methoxy groups -OCH3 is 1. The van der Waals surface area contributed by atoms with Gasteiger partial charge in [-0.25, -0.2) is 0 Å². The fourth-order valence-corrected chi connectivity index (χ4v) is 3.63. The molecule has 0 aliphatic carbocycles. The second kappa shape index (κ2) is 9.80. The fraction of sp³-hybridized carbons (Fsp3) is 0.417. The topological polar surface area (TPSA) is 145 Å². The minimum atomic E-state index is -0.651. The lowest BCUT2D eigenvalue weighted by molar-refractivity contribution is 0.0920. The minimum absolute atomic E-state index is 0.0361. The first-order valence-electron chi connectivity index (χ1n) is 10.5. The van der Waals surface area contributed by atoms with Crippen molar-refractivity contribution in [2.45, 2.75) is 53.4 Å². The van der Waals surface area contributed by atoms with Gasteiger partial charge in [0.15, 0.2) is 11.6 Å². The molecule has 2 aromatic rings. The van der Waals surface area contributed by atoms with Gasteiger partial charge >= 0.3 is 0 Å². The molecule has 0 heterocycles. The Labute approximate surface area is 186 Å². The van der Waals surface area contributed by atoms with Gasteiger partial charge in [0.2, 0.25) is 0 Å². The summed E-state index contributed by atoms with van der Waals surface area (Å²) in [5.41, 5.74) is -0.556. The molecular weight excluding hydrogens is 416 g/mol. The normalized spacial score (nSPS) is 11.9. The van der Waals surface area contributed by atoms with Crippen molar-refractivity contribution in [2.24, 2.45) is 5.92 Å². The van der Waals surface area contributed by atoms with Crippen LogP contribution in [0.25, 0.3) is 0 Å². The van der Waals surface area contributed by atoms with Crippen LogP contribution in [-0.2, 0) is 6.42 Å². The summed E-state index contributed by atoms with van der Waals surface area (Å²) in [6.07, 6.45) is 0.720. The Balaban J connectivity index is 2.75. The number of carbonyl (C=O) groups is 2. The highest BCUT2D eigenvalue weighted by Crippen LogP contribution is 2.47. The summed E-state index contributed by atoms with van der Waals surface area (Å²) >= 11 is 0. The predicted octanol–water partition coefficient (Wildman–Crippen LogP) is 4.33. The zero-order valence-electron chi connectivity index (χ0n) is 18.9. The fourth-order valence-electron chi connectivity index (χ4n) is 3.63. The van der Waals surface area contributed by atoms with E-state index in [4.69, 9.17) is 4.74 Å². The summed E-state index contributed by atoms with van der Waals surface area (Å²) in [5, 5.41) is 52.8. The summed E-state index contributed by atoms with van der Waals surface area (Å²) in [5.74, 6) is -4.04. The molecule has 2 aromatic carbocycles. The number of Topliss-reactive ketones (excluding diaryl/α,β-unsaturated/α-hetero) is 2. The number of hydrogen-bond acceptors (Lipinski definition) is 8. The number of ketones is 2. The second-order valence-electron chi connectivity index (χ2n) is 7.85. The molecule has 0 saturated carbocycles. The Bertz CT molecular complexity index is 1060. The van der Waals surface area contributed by atoms with Crippen molar-refractivity contribution in [1.29, 1.82) is 0 Å². The first-order valence-corrected chi connectivity index (χ1v) is 10.5. The van der Waals surface area contributed by atoms with E-state index in [1.807, 2.05) is 0 Å². The molecule has 2 rings (SSSR count). The third-order valence-electron chi connectivity index (χ3n) is 5.71. The zero-order chi connectivity index (χ0) is 24.3. The van der Waals surface area contributed by atoms with E-state index in [1.54, 1.807) is 20.8 Å². The molecule has 0 fully saturated rings. The molecule has 0 saturated heterocycles. The van der Waals surface area contributed by atoms with E-state index in [2.05, 4.69) is 0 Å². The Morgan fingerprint density at radius 2 is 1.53 bits per heavy atom. The van der Waals surface area contributed by atoms with Crippen LogP contribution in [0, 0.1) is 12.8 Å². The van der Waals surface area contributed by atoms with E-state index in [9.17, 15) is 35.1 Å². The number of hydrogen-bond donors (Lipinski definition) is 5. The number of phenols is 5. The quantitative estimate of drug-likeness (QED) is 0.358. The van der Waals surface area contributed by atoms with Crippen LogP contribution >= 0.6 is 0 Å². The first-order chi connectivity index (χ1) is 15.0. The van der Waals surface area contributed by atoms with Crippen LogP contribution in [0.15, 0.2) is 6.07 Å². The molecule has 0 spiro atoms. The molecule has 1 unspecified atom stereocenters. The van der Waals surface area contributed by atoms with Crippen molar-refractivity contribution in [1.82, 2.24) is 0 Å². The van der Waals surface area contributed by atoms with Crippen LogP contribution in [0.5, 0.6) is 34.5 Å². The van der Waals surface area contributed by atoms with Crippen molar-refractivity contribution in [3.63, 3.8) is 0 Å². The van der Waals surface area contributed by atoms with Gasteiger partial charge < -0.3 is 30.3 Å². The third kappa shape index (κ3) is 4.30. The maximum atomic E-state index is 12.7. The zero-order valence-corrected chi connectivity index (χ0v) is 18.9. The van der Waals surface area contributed by atoms with Crippen molar-refractivity contribution in [3.8, 4) is 34.5 Å². The number of aromatic hydroxyl groups is 5. The molecule has 0 bridgehead atoms. The highest BCUT2D eigenvalue weighted by Gasteiger charge is 2.30. The number of benzene rings is 2. The van der Waals surface area contributed by atoms with Gasteiger partial charge in [-0.3, -0.25) is 9.59 Å². The molecule has 0 amide bonds. The summed E-state index contributed by atoms with van der Waals surface area (Å²) in [7, 11) is 1.31. The van der Waals surface area contributed by atoms with Crippen LogP contribution in [0.2, 0.25) is 0 Å². The molecule has 1 atom stereocenters. The molecule has 0 aromatic heterocycles. The van der Waals surface area contributed by atoms with E-state index in [0.717, 1.165) is 6.07 Å². The molecule has 0 aliphatic heterocycles. The van der Waals surface area contributed by atoms with Crippen molar-refractivity contribution < 1.29 is 39.9 Å². The lowest BCUT2D eigenvalue weighted by Crippen LogP contribution is -2.12. The summed E-state index contributed by atoms with van der Waals surface area (Å²) in [6, 6.07) is 0.929. The predicted molar refractivity (Wildman–Crippen MR) is 118 cm³/mol. The molecule has 8 heteroatoms. The molecule has 5 N–H and O–H groups in total. The molecule has 8 nitrogen and oxygen atoms in total. The molecule has 32 heavy (non-hydrogen) atoms. The maximum Gasteiger partial charge on any atom is 0.173 e. The monoisotopic (exact) mass is 446 g/mol. The Morgan fingerprint density at radius 1 is 0.938 bits per heavy atom. The largest absolute Gasteiger partial charge is 0.507 e. The highest BCUT2D eigenvalue weighted by atomic mass is 16.5. The SMILES string of the molecule is CCCC(=O)c1c(O)c(Cc2c(O)cc(O)c(C(=O)C(C)CC)c2O)c(O)c(C)c1OC. The van der Waals surface area contributed by atoms with Crippen molar-refractivity contribution in [3.05, 3.63) is 33.9 Å². The average molecular weight is 446 g/mol. The van der Waals surface area contributed by atoms with E-state index < -0.39 is 46.9 Å². The molecule has 0 aliphatic rings. The lowest BCUT2D eigenvalue weighted by atomic mass is 9.89. The van der Waals surface area contributed by atoms with Gasteiger partial charge in [0.05, 0.1) is 7.11 Å². The second-order valence-corrected chi connectivity index (χ2v) is 7.85. The van der Waals surface area contributed by atoms with E-state index >= 15 is 0 Å².